The number of hydrogen-bond acceptors (Lipinski definition) is 4. The van der Waals surface area contributed by atoms with E-state index in [1.54, 1.807) is 0 Å². The highest BCUT2D eigenvalue weighted by molar-refractivity contribution is 5.93. The Kier molecular flexibility index (Phi) is 5.66. The Morgan fingerprint density at radius 1 is 0.875 bits per heavy atom. The Morgan fingerprint density at radius 2 is 1.56 bits per heavy atom. The maximum absolute atomic E-state index is 4.65. The number of aromatic nitrogens is 3. The maximum Gasteiger partial charge on any atom is 0.155 e. The molecule has 0 atom stereocenters. The van der Waals surface area contributed by atoms with Crippen LogP contribution in [-0.2, 0) is 6.42 Å². The van der Waals surface area contributed by atoms with Crippen LogP contribution in [0.3, 0.4) is 0 Å². The van der Waals surface area contributed by atoms with Crippen LogP contribution in [0.2, 0.25) is 0 Å². The van der Waals surface area contributed by atoms with E-state index in [1.807, 2.05) is 6.20 Å². The van der Waals surface area contributed by atoms with Crippen LogP contribution in [0, 0.1) is 5.92 Å². The molecule has 5 heteroatoms. The van der Waals surface area contributed by atoms with Gasteiger partial charge in [-0.05, 0) is 48.7 Å². The summed E-state index contributed by atoms with van der Waals surface area (Å²) in [5, 5.41) is 8.73. The molecule has 164 valence electrons. The largest absolute Gasteiger partial charge is 0.369 e. The summed E-state index contributed by atoms with van der Waals surface area (Å²) < 4.78 is 0. The standard InChI is InChI=1S/C27H31N5/c1-19(2)16-20-4-6-22(7-5-20)26-25-17-23(18-28-27(25)30-29-26)21-8-10-24(11-9-21)32-14-12-31(3)13-15-32/h4-11,17-19H,12-16H2,1-3H3,(H,28,29,30). The summed E-state index contributed by atoms with van der Waals surface area (Å²) in [6.07, 6.45) is 3.03. The number of rotatable bonds is 5. The number of benzene rings is 2. The van der Waals surface area contributed by atoms with Crippen LogP contribution >= 0.6 is 0 Å². The van der Waals surface area contributed by atoms with Crippen LogP contribution in [0.15, 0.2) is 60.8 Å². The maximum atomic E-state index is 4.65. The molecule has 0 radical (unpaired) electrons. The molecule has 1 aliphatic rings. The van der Waals surface area contributed by atoms with Crippen molar-refractivity contribution < 1.29 is 0 Å². The number of anilines is 1. The monoisotopic (exact) mass is 425 g/mol. The summed E-state index contributed by atoms with van der Waals surface area (Å²) in [4.78, 5) is 9.49. The number of fused-ring (bicyclic) bond motifs is 1. The van der Waals surface area contributed by atoms with E-state index in [4.69, 9.17) is 0 Å². The zero-order valence-electron chi connectivity index (χ0n) is 19.2. The van der Waals surface area contributed by atoms with Gasteiger partial charge in [0.15, 0.2) is 5.65 Å². The van der Waals surface area contributed by atoms with Crippen LogP contribution in [0.5, 0.6) is 0 Å². The number of pyridine rings is 1. The Labute approximate surface area is 190 Å². The van der Waals surface area contributed by atoms with E-state index in [-0.39, 0.29) is 0 Å². The summed E-state index contributed by atoms with van der Waals surface area (Å²) in [6.45, 7) is 8.89. The molecule has 2 aromatic carbocycles. The molecule has 0 spiro atoms. The van der Waals surface area contributed by atoms with Crippen LogP contribution in [0.4, 0.5) is 5.69 Å². The molecule has 1 N–H and O–H groups in total. The Bertz CT molecular complexity index is 1180. The fourth-order valence-corrected chi connectivity index (χ4v) is 4.48. The summed E-state index contributed by atoms with van der Waals surface area (Å²) in [5.74, 6) is 0.654. The summed E-state index contributed by atoms with van der Waals surface area (Å²) >= 11 is 0. The molecule has 5 rings (SSSR count). The lowest BCUT2D eigenvalue weighted by molar-refractivity contribution is 0.313. The van der Waals surface area contributed by atoms with E-state index < -0.39 is 0 Å². The molecule has 3 heterocycles. The molecule has 0 saturated carbocycles. The van der Waals surface area contributed by atoms with Crippen LogP contribution in [0.1, 0.15) is 19.4 Å². The second-order valence-electron chi connectivity index (χ2n) is 9.32. The molecule has 1 saturated heterocycles. The Morgan fingerprint density at radius 3 is 2.25 bits per heavy atom. The molecular weight excluding hydrogens is 394 g/mol. The van der Waals surface area contributed by atoms with E-state index in [0.29, 0.717) is 5.92 Å². The van der Waals surface area contributed by atoms with Crippen LogP contribution in [0.25, 0.3) is 33.4 Å². The highest BCUT2D eigenvalue weighted by atomic mass is 15.2. The third-order valence-corrected chi connectivity index (χ3v) is 6.36. The van der Waals surface area contributed by atoms with Gasteiger partial charge in [0.25, 0.3) is 0 Å². The number of nitrogens with one attached hydrogen (secondary N) is 1. The van der Waals surface area contributed by atoms with Crippen molar-refractivity contribution >= 4 is 16.7 Å². The average molecular weight is 426 g/mol. The van der Waals surface area contributed by atoms with Crippen molar-refractivity contribution in [2.75, 3.05) is 38.1 Å². The topological polar surface area (TPSA) is 48.1 Å². The minimum Gasteiger partial charge on any atom is -0.369 e. The normalized spacial score (nSPS) is 15.1. The quantitative estimate of drug-likeness (QED) is 0.475. The summed E-state index contributed by atoms with van der Waals surface area (Å²) in [5.41, 5.74) is 7.85. The Hall–Kier alpha value is -3.18. The van der Waals surface area contributed by atoms with Gasteiger partial charge in [0.2, 0.25) is 0 Å². The number of H-pyrrole nitrogens is 1. The molecule has 0 bridgehead atoms. The van der Waals surface area contributed by atoms with Gasteiger partial charge in [-0.3, -0.25) is 5.10 Å². The first-order chi connectivity index (χ1) is 15.6. The van der Waals surface area contributed by atoms with E-state index in [1.165, 1.54) is 16.8 Å². The van der Waals surface area contributed by atoms with Gasteiger partial charge in [0.05, 0.1) is 0 Å². The fourth-order valence-electron chi connectivity index (χ4n) is 4.48. The zero-order chi connectivity index (χ0) is 22.1. The molecule has 0 amide bonds. The second-order valence-corrected chi connectivity index (χ2v) is 9.32. The van der Waals surface area contributed by atoms with Gasteiger partial charge in [-0.2, -0.15) is 5.10 Å². The van der Waals surface area contributed by atoms with E-state index in [9.17, 15) is 0 Å². The molecular formula is C27H31N5. The molecule has 1 aliphatic heterocycles. The third-order valence-electron chi connectivity index (χ3n) is 6.36. The minimum atomic E-state index is 0.654. The van der Waals surface area contributed by atoms with Crippen LogP contribution in [-0.4, -0.2) is 53.3 Å². The molecule has 4 aromatic rings. The zero-order valence-corrected chi connectivity index (χ0v) is 19.2. The van der Waals surface area contributed by atoms with Crippen LogP contribution < -0.4 is 4.90 Å². The Balaban J connectivity index is 1.41. The number of piperazine rings is 1. The molecule has 1 fully saturated rings. The first kappa shape index (κ1) is 20.7. The van der Waals surface area contributed by atoms with Gasteiger partial charge in [-0.25, -0.2) is 4.98 Å². The lowest BCUT2D eigenvalue weighted by Crippen LogP contribution is -2.44. The molecule has 2 aromatic heterocycles. The first-order valence-electron chi connectivity index (χ1n) is 11.5. The lowest BCUT2D eigenvalue weighted by Gasteiger charge is -2.34. The van der Waals surface area contributed by atoms with Gasteiger partial charge in [-0.1, -0.05) is 50.2 Å². The highest BCUT2D eigenvalue weighted by Crippen LogP contribution is 2.30. The highest BCUT2D eigenvalue weighted by Gasteiger charge is 2.15. The first-order valence-corrected chi connectivity index (χ1v) is 11.5. The molecule has 0 aliphatic carbocycles. The van der Waals surface area contributed by atoms with Crippen molar-refractivity contribution in [3.05, 3.63) is 66.4 Å². The SMILES string of the molecule is CC(C)Cc1ccc(-c2n[nH]c3ncc(-c4ccc(N5CCN(C)CC5)cc4)cc23)cc1. The van der Waals surface area contributed by atoms with Crippen molar-refractivity contribution in [2.24, 2.45) is 5.92 Å². The van der Waals surface area contributed by atoms with Gasteiger partial charge < -0.3 is 9.80 Å². The van der Waals surface area contributed by atoms with E-state index in [2.05, 4.69) is 100 Å². The molecule has 5 nitrogen and oxygen atoms in total. The molecule has 32 heavy (non-hydrogen) atoms. The predicted octanol–water partition coefficient (Wildman–Crippen LogP) is 5.24. The smallest absolute Gasteiger partial charge is 0.155 e. The van der Waals surface area contributed by atoms with Crippen molar-refractivity contribution in [2.45, 2.75) is 20.3 Å². The second kappa shape index (κ2) is 8.75. The van der Waals surface area contributed by atoms with Crippen molar-refractivity contribution in [1.29, 1.82) is 0 Å². The predicted molar refractivity (Wildman–Crippen MR) is 133 cm³/mol. The molecule has 0 unspecified atom stereocenters. The summed E-state index contributed by atoms with van der Waals surface area (Å²) in [6, 6.07) is 19.8. The fraction of sp³-hybridized carbons (Fsp3) is 0.333. The van der Waals surface area contributed by atoms with Gasteiger partial charge in [0.1, 0.15) is 5.69 Å². The van der Waals surface area contributed by atoms with Crippen molar-refractivity contribution in [3.63, 3.8) is 0 Å². The minimum absolute atomic E-state index is 0.654. The number of hydrogen-bond donors (Lipinski definition) is 1. The lowest BCUT2D eigenvalue weighted by atomic mass is 9.99. The van der Waals surface area contributed by atoms with Crippen molar-refractivity contribution in [1.82, 2.24) is 20.1 Å². The average Bonchev–Trinajstić information content (AvgIpc) is 3.23. The van der Waals surface area contributed by atoms with Crippen molar-refractivity contribution in [3.8, 4) is 22.4 Å². The number of likely N-dealkylation sites (N-methyl/N-ethyl adjacent to an activating group) is 1. The van der Waals surface area contributed by atoms with Gasteiger partial charge >= 0.3 is 0 Å². The number of nitrogens with zero attached hydrogens (tertiary/aromatic N) is 4. The third kappa shape index (κ3) is 4.26. The summed E-state index contributed by atoms with van der Waals surface area (Å²) in [7, 11) is 2.19. The van der Waals surface area contributed by atoms with Gasteiger partial charge in [0, 0.05) is 54.6 Å². The number of aromatic amines is 1. The van der Waals surface area contributed by atoms with Gasteiger partial charge in [-0.15, -0.1) is 0 Å². The van der Waals surface area contributed by atoms with E-state index in [0.717, 1.165) is 60.5 Å². The van der Waals surface area contributed by atoms with E-state index >= 15 is 0 Å².